The minimum Gasteiger partial charge on any atom is -0.322 e. The molecule has 1 aliphatic carbocycles. The van der Waals surface area contributed by atoms with Crippen LogP contribution in [0.5, 0.6) is 0 Å². The van der Waals surface area contributed by atoms with Crippen LogP contribution in [-0.2, 0) is 4.79 Å². The zero-order valence-electron chi connectivity index (χ0n) is 15.2. The summed E-state index contributed by atoms with van der Waals surface area (Å²) >= 11 is 7.19. The molecule has 1 aromatic carbocycles. The van der Waals surface area contributed by atoms with Gasteiger partial charge >= 0.3 is 6.03 Å². The number of imide groups is 1. The van der Waals surface area contributed by atoms with Gasteiger partial charge in [-0.15, -0.1) is 11.3 Å². The average Bonchev–Trinajstić information content (AvgIpc) is 3.25. The van der Waals surface area contributed by atoms with Crippen molar-refractivity contribution in [1.82, 2.24) is 20.7 Å². The Morgan fingerprint density at radius 3 is 2.64 bits per heavy atom. The topological polar surface area (TPSA) is 91.4 Å². The first-order valence-corrected chi connectivity index (χ1v) is 10.3. The highest BCUT2D eigenvalue weighted by molar-refractivity contribution is 7.13. The minimum atomic E-state index is -0.895. The maximum Gasteiger partial charge on any atom is 0.344 e. The number of rotatable bonds is 3. The van der Waals surface area contributed by atoms with Gasteiger partial charge in [0.2, 0.25) is 0 Å². The van der Waals surface area contributed by atoms with Crippen molar-refractivity contribution in [1.29, 1.82) is 0 Å². The molecule has 146 valence electrons. The number of thiazole rings is 1. The number of benzene rings is 1. The van der Waals surface area contributed by atoms with Crippen molar-refractivity contribution in [3.8, 4) is 10.6 Å². The molecule has 1 saturated carbocycles. The number of nitrogens with one attached hydrogen (secondary N) is 2. The summed E-state index contributed by atoms with van der Waals surface area (Å²) in [6.07, 6.45) is 2.90. The van der Waals surface area contributed by atoms with Crippen LogP contribution in [0.1, 0.15) is 43.1 Å². The van der Waals surface area contributed by atoms with Gasteiger partial charge < -0.3 is 5.32 Å². The standard InChI is InChI=1S/C19H19ClN4O3S/c1-11-6-8-19(9-7-11)17(26)24(18(27)22-19)23-15(25)14-10-28-16(21-14)12-2-4-13(20)5-3-12/h2-5,10-11H,6-9H2,1H3,(H,22,27)(H,23,25). The number of urea groups is 1. The molecule has 0 atom stereocenters. The van der Waals surface area contributed by atoms with Crippen molar-refractivity contribution in [3.05, 3.63) is 40.4 Å². The third-order valence-corrected chi connectivity index (χ3v) is 6.47. The van der Waals surface area contributed by atoms with Gasteiger partial charge in [-0.25, -0.2) is 9.78 Å². The van der Waals surface area contributed by atoms with Gasteiger partial charge in [-0.3, -0.25) is 15.0 Å². The molecule has 2 aromatic rings. The fourth-order valence-corrected chi connectivity index (χ4v) is 4.51. The van der Waals surface area contributed by atoms with E-state index < -0.39 is 23.4 Å². The van der Waals surface area contributed by atoms with Gasteiger partial charge in [0.05, 0.1) is 0 Å². The summed E-state index contributed by atoms with van der Waals surface area (Å²) in [4.78, 5) is 42.0. The SMILES string of the molecule is CC1CCC2(CC1)NC(=O)N(NC(=O)c1csc(-c3ccc(Cl)cc3)n1)C2=O. The lowest BCUT2D eigenvalue weighted by atomic mass is 9.77. The predicted octanol–water partition coefficient (Wildman–Crippen LogP) is 3.61. The number of carbonyl (C=O) groups is 3. The number of hydrogen-bond donors (Lipinski definition) is 2. The van der Waals surface area contributed by atoms with E-state index in [1.807, 2.05) is 12.1 Å². The summed E-state index contributed by atoms with van der Waals surface area (Å²) in [5.74, 6) is -0.465. The van der Waals surface area contributed by atoms with Crippen LogP contribution >= 0.6 is 22.9 Å². The Morgan fingerprint density at radius 1 is 1.29 bits per heavy atom. The van der Waals surface area contributed by atoms with Crippen LogP contribution in [0.15, 0.2) is 29.6 Å². The van der Waals surface area contributed by atoms with Gasteiger partial charge in [0.15, 0.2) is 0 Å². The molecular weight excluding hydrogens is 400 g/mol. The average molecular weight is 419 g/mol. The van der Waals surface area contributed by atoms with E-state index in [2.05, 4.69) is 22.7 Å². The lowest BCUT2D eigenvalue weighted by Gasteiger charge is -2.33. The van der Waals surface area contributed by atoms with Crippen LogP contribution in [0.25, 0.3) is 10.6 Å². The number of hydrogen-bond acceptors (Lipinski definition) is 5. The van der Waals surface area contributed by atoms with E-state index in [1.165, 1.54) is 11.3 Å². The highest BCUT2D eigenvalue weighted by Crippen LogP contribution is 2.36. The van der Waals surface area contributed by atoms with E-state index >= 15 is 0 Å². The maximum atomic E-state index is 12.8. The van der Waals surface area contributed by atoms with E-state index in [4.69, 9.17) is 11.6 Å². The maximum absolute atomic E-state index is 12.8. The fourth-order valence-electron chi connectivity index (χ4n) is 3.58. The summed E-state index contributed by atoms with van der Waals surface area (Å²) in [5.41, 5.74) is 2.49. The van der Waals surface area contributed by atoms with Gasteiger partial charge in [0, 0.05) is 16.0 Å². The molecule has 0 bridgehead atoms. The number of hydrazine groups is 1. The number of aromatic nitrogens is 1. The zero-order chi connectivity index (χ0) is 19.9. The lowest BCUT2D eigenvalue weighted by Crippen LogP contribution is -2.51. The highest BCUT2D eigenvalue weighted by Gasteiger charge is 2.53. The van der Waals surface area contributed by atoms with Gasteiger partial charge in [-0.1, -0.05) is 30.7 Å². The van der Waals surface area contributed by atoms with Crippen molar-refractivity contribution in [2.75, 3.05) is 0 Å². The smallest absolute Gasteiger partial charge is 0.322 e. The molecule has 2 heterocycles. The lowest BCUT2D eigenvalue weighted by molar-refractivity contribution is -0.134. The molecule has 0 unspecified atom stereocenters. The van der Waals surface area contributed by atoms with E-state index in [0.717, 1.165) is 23.4 Å². The molecule has 1 aliphatic heterocycles. The largest absolute Gasteiger partial charge is 0.344 e. The Hall–Kier alpha value is -2.45. The zero-order valence-corrected chi connectivity index (χ0v) is 16.8. The van der Waals surface area contributed by atoms with Crippen LogP contribution in [0.2, 0.25) is 5.02 Å². The van der Waals surface area contributed by atoms with Crippen molar-refractivity contribution >= 4 is 40.8 Å². The second kappa shape index (κ2) is 7.18. The molecule has 0 radical (unpaired) electrons. The molecule has 2 aliphatic rings. The van der Waals surface area contributed by atoms with Crippen molar-refractivity contribution in [2.45, 2.75) is 38.1 Å². The van der Waals surface area contributed by atoms with E-state index in [-0.39, 0.29) is 5.69 Å². The Morgan fingerprint density at radius 2 is 1.96 bits per heavy atom. The molecule has 4 rings (SSSR count). The van der Waals surface area contributed by atoms with Crippen molar-refractivity contribution in [2.24, 2.45) is 5.92 Å². The molecule has 2 N–H and O–H groups in total. The van der Waals surface area contributed by atoms with Crippen LogP contribution in [0, 0.1) is 5.92 Å². The Bertz CT molecular complexity index is 935. The number of carbonyl (C=O) groups excluding carboxylic acids is 3. The van der Waals surface area contributed by atoms with Crippen LogP contribution in [0.3, 0.4) is 0 Å². The van der Waals surface area contributed by atoms with Gasteiger partial charge in [0.25, 0.3) is 11.8 Å². The van der Waals surface area contributed by atoms with Gasteiger partial charge in [0.1, 0.15) is 16.2 Å². The van der Waals surface area contributed by atoms with E-state index in [9.17, 15) is 14.4 Å². The first-order valence-electron chi connectivity index (χ1n) is 9.07. The van der Waals surface area contributed by atoms with Crippen molar-refractivity contribution in [3.63, 3.8) is 0 Å². The van der Waals surface area contributed by atoms with Gasteiger partial charge in [-0.2, -0.15) is 5.01 Å². The Balaban J connectivity index is 1.47. The van der Waals surface area contributed by atoms with Crippen LogP contribution in [-0.4, -0.2) is 33.4 Å². The Kier molecular flexibility index (Phi) is 4.84. The van der Waals surface area contributed by atoms with E-state index in [1.54, 1.807) is 17.5 Å². The van der Waals surface area contributed by atoms with Gasteiger partial charge in [-0.05, 0) is 43.7 Å². The number of amides is 4. The molecule has 1 spiro atoms. The molecule has 2 fully saturated rings. The predicted molar refractivity (Wildman–Crippen MR) is 106 cm³/mol. The van der Waals surface area contributed by atoms with E-state index in [0.29, 0.717) is 28.8 Å². The molecule has 1 saturated heterocycles. The first-order chi connectivity index (χ1) is 13.4. The minimum absolute atomic E-state index is 0.147. The molecular formula is C19H19ClN4O3S. The molecule has 28 heavy (non-hydrogen) atoms. The molecule has 1 aromatic heterocycles. The third-order valence-electron chi connectivity index (χ3n) is 5.33. The monoisotopic (exact) mass is 418 g/mol. The molecule has 7 nitrogen and oxygen atoms in total. The second-order valence-corrected chi connectivity index (χ2v) is 8.62. The third kappa shape index (κ3) is 3.38. The van der Waals surface area contributed by atoms with Crippen LogP contribution in [0.4, 0.5) is 4.79 Å². The molecule has 9 heteroatoms. The van der Waals surface area contributed by atoms with Crippen molar-refractivity contribution < 1.29 is 14.4 Å². The first kappa shape index (κ1) is 18.9. The summed E-state index contributed by atoms with van der Waals surface area (Å²) < 4.78 is 0. The highest BCUT2D eigenvalue weighted by atomic mass is 35.5. The summed E-state index contributed by atoms with van der Waals surface area (Å²) in [6.45, 7) is 2.13. The summed E-state index contributed by atoms with van der Waals surface area (Å²) in [6, 6.07) is 6.52. The van der Waals surface area contributed by atoms with Crippen LogP contribution < -0.4 is 10.7 Å². The molecule has 4 amide bonds. The summed E-state index contributed by atoms with van der Waals surface area (Å²) in [7, 11) is 0. The quantitative estimate of drug-likeness (QED) is 0.745. The second-order valence-electron chi connectivity index (χ2n) is 7.32. The number of halogens is 1. The fraction of sp³-hybridized carbons (Fsp3) is 0.368. The summed E-state index contributed by atoms with van der Waals surface area (Å²) in [5, 5.41) is 6.42. The number of nitrogens with zero attached hydrogens (tertiary/aromatic N) is 2. The normalized spacial score (nSPS) is 24.5. The Labute approximate surface area is 171 Å².